The number of imide groups is 1. The van der Waals surface area contributed by atoms with E-state index in [-0.39, 0.29) is 64.4 Å². The first kappa shape index (κ1) is 46.7. The van der Waals surface area contributed by atoms with Gasteiger partial charge in [-0.1, -0.05) is 13.0 Å². The predicted octanol–water partition coefficient (Wildman–Crippen LogP) is 7.18. The number of nitrogens with one attached hydrogen (secondary N) is 2. The molecule has 15 nitrogen and oxygen atoms in total. The summed E-state index contributed by atoms with van der Waals surface area (Å²) in [5.41, 5.74) is 3.82. The van der Waals surface area contributed by atoms with Crippen LogP contribution in [0.25, 0.3) is 32.9 Å². The van der Waals surface area contributed by atoms with E-state index in [1.807, 2.05) is 19.1 Å². The average molecular weight is 996 g/mol. The number of aryl methyl sites for hydroxylation is 1. The molecule has 2 aromatic heterocycles. The molecule has 8 heterocycles. The number of hydrogen-bond donors (Lipinski definition) is 3. The zero-order valence-corrected chi connectivity index (χ0v) is 41.4. The third kappa shape index (κ3) is 8.62. The number of nitrogens with zero attached hydrogens (tertiary/aromatic N) is 7. The molecule has 73 heavy (non-hydrogen) atoms. The molecule has 2 aliphatic carbocycles. The predicted molar refractivity (Wildman–Crippen MR) is 270 cm³/mol. The molecule has 2 bridgehead atoms. The Kier molecular flexibility index (Phi) is 11.6. The summed E-state index contributed by atoms with van der Waals surface area (Å²) in [7, 11) is 0. The van der Waals surface area contributed by atoms with E-state index in [9.17, 15) is 19.5 Å². The number of halogens is 2. The lowest BCUT2D eigenvalue weighted by Crippen LogP contribution is -2.52. The zero-order chi connectivity index (χ0) is 49.8. The normalized spacial score (nSPS) is 24.9. The number of fused-ring (bicyclic) bond motifs is 5. The Bertz CT molecular complexity index is 3040. The SMILES string of the molecule is CCc1c(F)ccc2cc(O)cc(-c3ncc4c(N5CC6CCC(C5)N6)nc(OCC5(CN6CCC(OC7CC8(CCN(c9ccc%10c(c9)CN(C9CCC(=O)NC9=O)C%10=O)CC8)C7)CC6)CC5)nc4c3F)c12. The number of hydrogen-bond acceptors (Lipinski definition) is 13. The topological polar surface area (TPSA) is 166 Å². The Morgan fingerprint density at radius 2 is 1.63 bits per heavy atom. The Balaban J connectivity index is 0.625. The molecule has 3 amide bonds. The molecule has 7 fully saturated rings. The number of pyridine rings is 1. The molecule has 6 aliphatic heterocycles. The number of benzene rings is 3. The molecule has 5 aromatic rings. The van der Waals surface area contributed by atoms with Crippen LogP contribution in [0.3, 0.4) is 0 Å². The van der Waals surface area contributed by atoms with Gasteiger partial charge in [0.25, 0.3) is 5.91 Å². The number of carbonyl (C=O) groups is 3. The molecule has 5 saturated heterocycles. The molecule has 3 atom stereocenters. The van der Waals surface area contributed by atoms with Gasteiger partial charge in [0.05, 0.1) is 24.2 Å². The van der Waals surface area contributed by atoms with Crippen LogP contribution in [0, 0.1) is 22.5 Å². The Labute approximate surface area is 423 Å². The van der Waals surface area contributed by atoms with Crippen LogP contribution in [0.2, 0.25) is 0 Å². The summed E-state index contributed by atoms with van der Waals surface area (Å²) >= 11 is 0. The molecule has 1 spiro atoms. The van der Waals surface area contributed by atoms with E-state index in [1.165, 1.54) is 12.1 Å². The smallest absolute Gasteiger partial charge is 0.319 e. The summed E-state index contributed by atoms with van der Waals surface area (Å²) < 4.78 is 45.7. The molecule has 13 rings (SSSR count). The highest BCUT2D eigenvalue weighted by molar-refractivity contribution is 6.06. The quantitative estimate of drug-likeness (QED) is 0.108. The van der Waals surface area contributed by atoms with Crippen molar-refractivity contribution in [3.8, 4) is 23.0 Å². The molecular formula is C56H63F2N9O6. The van der Waals surface area contributed by atoms with Crippen LogP contribution >= 0.6 is 0 Å². The molecular weight excluding hydrogens is 933 g/mol. The van der Waals surface area contributed by atoms with E-state index in [0.717, 1.165) is 121 Å². The van der Waals surface area contributed by atoms with Crippen LogP contribution in [0.15, 0.2) is 48.7 Å². The second-order valence-electron chi connectivity index (χ2n) is 22.7. The van der Waals surface area contributed by atoms with Crippen molar-refractivity contribution in [3.05, 3.63) is 77.0 Å². The van der Waals surface area contributed by atoms with E-state index < -0.39 is 11.9 Å². The van der Waals surface area contributed by atoms with Gasteiger partial charge in [0.15, 0.2) is 5.82 Å². The molecule has 3 N–H and O–H groups in total. The lowest BCUT2D eigenvalue weighted by molar-refractivity contribution is -0.137. The van der Waals surface area contributed by atoms with Gasteiger partial charge >= 0.3 is 6.01 Å². The van der Waals surface area contributed by atoms with Gasteiger partial charge in [0.2, 0.25) is 11.8 Å². The van der Waals surface area contributed by atoms with Crippen molar-refractivity contribution in [1.82, 2.24) is 35.4 Å². The number of likely N-dealkylation sites (tertiary alicyclic amines) is 1. The second-order valence-corrected chi connectivity index (χ2v) is 22.7. The molecule has 8 aliphatic rings. The number of rotatable bonds is 12. The number of piperidine rings is 3. The number of carbonyl (C=O) groups excluding carboxylic acids is 3. The van der Waals surface area contributed by atoms with Gasteiger partial charge < -0.3 is 39.5 Å². The number of amides is 3. The standard InChI is InChI=1S/C56H63F2N9O6/c1-2-40-44(57)8-3-32-22-37(68)23-42(47(32)40)49-48(58)50-43(26-59-49)51(66-28-34-4-5-35(29-66)60-34)63-54(62-50)72-31-56(13-14-56)30-64-17-11-38(12-18-64)73-39-24-55(25-39)15-19-65(20-16-55)36-6-7-41-33(21-36)27-67(53(41)71)45-9-10-46(69)61-52(45)70/h3,6-8,21-23,26,34-35,38-39,45,60,68H,2,4-5,9-20,24-25,27-31H2,1H3,(H,61,69,70). The Morgan fingerprint density at radius 1 is 0.849 bits per heavy atom. The summed E-state index contributed by atoms with van der Waals surface area (Å²) in [6.45, 7) is 8.88. The average Bonchev–Trinajstić information content (AvgIpc) is 3.96. The number of aromatic hydroxyl groups is 1. The minimum atomic E-state index is -0.661. The maximum Gasteiger partial charge on any atom is 0.319 e. The van der Waals surface area contributed by atoms with Crippen LogP contribution in [-0.2, 0) is 27.3 Å². The molecule has 3 aromatic carbocycles. The summed E-state index contributed by atoms with van der Waals surface area (Å²) in [5, 5.41) is 18.4. The van der Waals surface area contributed by atoms with E-state index in [4.69, 9.17) is 19.4 Å². The third-order valence-corrected chi connectivity index (χ3v) is 17.9. The highest BCUT2D eigenvalue weighted by atomic mass is 19.1. The van der Waals surface area contributed by atoms with Gasteiger partial charge in [0, 0.05) is 99.3 Å². The van der Waals surface area contributed by atoms with Gasteiger partial charge in [-0.2, -0.15) is 9.97 Å². The van der Waals surface area contributed by atoms with Crippen molar-refractivity contribution in [2.24, 2.45) is 10.8 Å². The van der Waals surface area contributed by atoms with Crippen LogP contribution in [0.5, 0.6) is 11.8 Å². The highest BCUT2D eigenvalue weighted by Gasteiger charge is 2.49. The van der Waals surface area contributed by atoms with Crippen molar-refractivity contribution in [1.29, 1.82) is 0 Å². The minimum absolute atomic E-state index is 0.00895. The van der Waals surface area contributed by atoms with E-state index in [1.54, 1.807) is 23.2 Å². The van der Waals surface area contributed by atoms with Gasteiger partial charge in [-0.15, -0.1) is 0 Å². The van der Waals surface area contributed by atoms with E-state index in [0.29, 0.717) is 88.3 Å². The lowest BCUT2D eigenvalue weighted by atomic mass is 9.61. The van der Waals surface area contributed by atoms with Crippen LogP contribution in [-0.4, -0.2) is 130 Å². The van der Waals surface area contributed by atoms with Gasteiger partial charge in [-0.25, -0.2) is 8.78 Å². The molecule has 0 radical (unpaired) electrons. The number of ether oxygens (including phenoxy) is 2. The van der Waals surface area contributed by atoms with Crippen LogP contribution in [0.4, 0.5) is 20.3 Å². The number of phenolic OH excluding ortho intramolecular Hbond substituents is 1. The number of piperazine rings is 1. The van der Waals surface area contributed by atoms with Crippen molar-refractivity contribution < 1.29 is 37.7 Å². The number of phenols is 1. The summed E-state index contributed by atoms with van der Waals surface area (Å²) in [6.07, 6.45) is 13.8. The molecule has 3 unspecified atom stereocenters. The lowest BCUT2D eigenvalue weighted by Gasteiger charge is -2.53. The van der Waals surface area contributed by atoms with Crippen molar-refractivity contribution in [2.75, 3.05) is 62.2 Å². The summed E-state index contributed by atoms with van der Waals surface area (Å²) in [4.78, 5) is 60.7. The molecule has 2 saturated carbocycles. The fourth-order valence-corrected chi connectivity index (χ4v) is 13.6. The summed E-state index contributed by atoms with van der Waals surface area (Å²) in [5.74, 6) is -1.32. The van der Waals surface area contributed by atoms with Gasteiger partial charge in [-0.3, -0.25) is 24.7 Å². The largest absolute Gasteiger partial charge is 0.508 e. The maximum absolute atomic E-state index is 17.2. The highest BCUT2D eigenvalue weighted by Crippen LogP contribution is 2.52. The van der Waals surface area contributed by atoms with Crippen molar-refractivity contribution >= 4 is 50.9 Å². The van der Waals surface area contributed by atoms with Crippen LogP contribution in [0.1, 0.15) is 105 Å². The minimum Gasteiger partial charge on any atom is -0.508 e. The van der Waals surface area contributed by atoms with Crippen LogP contribution < -0.4 is 25.2 Å². The molecule has 17 heteroatoms. The van der Waals surface area contributed by atoms with E-state index in [2.05, 4.69) is 36.4 Å². The summed E-state index contributed by atoms with van der Waals surface area (Å²) in [6, 6.07) is 12.2. The first-order valence-corrected chi connectivity index (χ1v) is 26.7. The number of anilines is 2. The monoisotopic (exact) mass is 995 g/mol. The van der Waals surface area contributed by atoms with Gasteiger partial charge in [0.1, 0.15) is 34.6 Å². The van der Waals surface area contributed by atoms with E-state index >= 15 is 8.78 Å². The Morgan fingerprint density at radius 3 is 2.37 bits per heavy atom. The first-order valence-electron chi connectivity index (χ1n) is 26.7. The first-order chi connectivity index (χ1) is 35.4. The third-order valence-electron chi connectivity index (χ3n) is 17.9. The maximum atomic E-state index is 17.2. The van der Waals surface area contributed by atoms with Crippen molar-refractivity contribution in [3.63, 3.8) is 0 Å². The van der Waals surface area contributed by atoms with Crippen molar-refractivity contribution in [2.45, 2.75) is 127 Å². The molecule has 382 valence electrons. The zero-order valence-electron chi connectivity index (χ0n) is 41.4. The second kappa shape index (κ2) is 18.1. The Hall–Kier alpha value is -6.04. The van der Waals surface area contributed by atoms with Gasteiger partial charge in [-0.05, 0) is 141 Å². The fraction of sp³-hybridized carbons (Fsp3) is 0.536. The fourth-order valence-electron chi connectivity index (χ4n) is 13.6. The number of aromatic nitrogens is 3.